The Hall–Kier alpha value is -0.300. The SMILES string of the molecule is C=CC(C)(C)C1CCNCC1. The van der Waals surface area contributed by atoms with Crippen LogP contribution in [-0.2, 0) is 0 Å². The van der Waals surface area contributed by atoms with Crippen LogP contribution in [-0.4, -0.2) is 13.1 Å². The molecule has 1 rings (SSSR count). The number of allylic oxidation sites excluding steroid dienone is 1. The summed E-state index contributed by atoms with van der Waals surface area (Å²) in [5.41, 5.74) is 0.335. The quantitative estimate of drug-likeness (QED) is 0.600. The van der Waals surface area contributed by atoms with Crippen LogP contribution in [0.1, 0.15) is 26.7 Å². The first-order chi connectivity index (χ1) is 5.17. The first-order valence-corrected chi connectivity index (χ1v) is 4.51. The Morgan fingerprint density at radius 2 is 1.91 bits per heavy atom. The van der Waals surface area contributed by atoms with Gasteiger partial charge in [-0.1, -0.05) is 19.9 Å². The lowest BCUT2D eigenvalue weighted by Crippen LogP contribution is -2.34. The van der Waals surface area contributed by atoms with E-state index in [2.05, 4.69) is 31.8 Å². The van der Waals surface area contributed by atoms with Crippen molar-refractivity contribution in [2.75, 3.05) is 13.1 Å². The maximum Gasteiger partial charge on any atom is -0.00460 e. The van der Waals surface area contributed by atoms with Crippen molar-refractivity contribution in [1.29, 1.82) is 0 Å². The fourth-order valence-corrected chi connectivity index (χ4v) is 1.73. The molecule has 0 aromatic rings. The fourth-order valence-electron chi connectivity index (χ4n) is 1.73. The van der Waals surface area contributed by atoms with Crippen molar-refractivity contribution in [3.05, 3.63) is 12.7 Å². The van der Waals surface area contributed by atoms with Gasteiger partial charge in [-0.05, 0) is 37.3 Å². The van der Waals surface area contributed by atoms with E-state index in [0.29, 0.717) is 5.41 Å². The van der Waals surface area contributed by atoms with Gasteiger partial charge >= 0.3 is 0 Å². The summed E-state index contributed by atoms with van der Waals surface area (Å²) in [4.78, 5) is 0. The zero-order valence-electron chi connectivity index (χ0n) is 7.69. The predicted molar refractivity (Wildman–Crippen MR) is 49.6 cm³/mol. The van der Waals surface area contributed by atoms with Crippen molar-refractivity contribution < 1.29 is 0 Å². The Bertz CT molecular complexity index is 132. The largest absolute Gasteiger partial charge is 0.317 e. The van der Waals surface area contributed by atoms with Gasteiger partial charge in [0.05, 0.1) is 0 Å². The van der Waals surface area contributed by atoms with E-state index < -0.39 is 0 Å². The summed E-state index contributed by atoms with van der Waals surface area (Å²) in [6, 6.07) is 0. The molecule has 1 aliphatic heterocycles. The Morgan fingerprint density at radius 3 is 2.36 bits per heavy atom. The molecule has 0 bridgehead atoms. The number of nitrogens with one attached hydrogen (secondary N) is 1. The highest BCUT2D eigenvalue weighted by atomic mass is 14.9. The molecule has 0 aliphatic carbocycles. The van der Waals surface area contributed by atoms with Gasteiger partial charge in [0, 0.05) is 0 Å². The molecule has 0 aromatic heterocycles. The molecule has 0 radical (unpaired) electrons. The minimum absolute atomic E-state index is 0.335. The van der Waals surface area contributed by atoms with Gasteiger partial charge in [0.1, 0.15) is 0 Å². The molecule has 0 spiro atoms. The first-order valence-electron chi connectivity index (χ1n) is 4.51. The van der Waals surface area contributed by atoms with Crippen molar-refractivity contribution >= 4 is 0 Å². The van der Waals surface area contributed by atoms with Crippen LogP contribution in [0.5, 0.6) is 0 Å². The molecular formula is C10H19N. The number of hydrogen-bond donors (Lipinski definition) is 1. The van der Waals surface area contributed by atoms with Crippen LogP contribution in [0.3, 0.4) is 0 Å². The van der Waals surface area contributed by atoms with Crippen LogP contribution >= 0.6 is 0 Å². The molecule has 0 aromatic carbocycles. The molecule has 64 valence electrons. The first kappa shape index (κ1) is 8.79. The Balaban J connectivity index is 2.50. The molecular weight excluding hydrogens is 134 g/mol. The average molecular weight is 153 g/mol. The minimum atomic E-state index is 0.335. The summed E-state index contributed by atoms with van der Waals surface area (Å²) in [5.74, 6) is 0.834. The van der Waals surface area contributed by atoms with E-state index in [4.69, 9.17) is 0 Å². The highest BCUT2D eigenvalue weighted by Crippen LogP contribution is 2.33. The van der Waals surface area contributed by atoms with Crippen molar-refractivity contribution in [1.82, 2.24) is 5.32 Å². The lowest BCUT2D eigenvalue weighted by Gasteiger charge is -2.34. The van der Waals surface area contributed by atoms with Gasteiger partial charge in [-0.2, -0.15) is 0 Å². The van der Waals surface area contributed by atoms with Gasteiger partial charge in [0.2, 0.25) is 0 Å². The summed E-state index contributed by atoms with van der Waals surface area (Å²) in [5, 5.41) is 3.38. The van der Waals surface area contributed by atoms with Crippen LogP contribution in [0.2, 0.25) is 0 Å². The van der Waals surface area contributed by atoms with Gasteiger partial charge in [-0.25, -0.2) is 0 Å². The van der Waals surface area contributed by atoms with Gasteiger partial charge in [-0.15, -0.1) is 6.58 Å². The molecule has 1 fully saturated rings. The summed E-state index contributed by atoms with van der Waals surface area (Å²) < 4.78 is 0. The second-order valence-corrected chi connectivity index (χ2v) is 4.05. The summed E-state index contributed by atoms with van der Waals surface area (Å²) in [7, 11) is 0. The number of hydrogen-bond acceptors (Lipinski definition) is 1. The molecule has 1 saturated heterocycles. The normalized spacial score (nSPS) is 21.6. The van der Waals surface area contributed by atoms with Crippen molar-refractivity contribution in [3.8, 4) is 0 Å². The van der Waals surface area contributed by atoms with Crippen molar-refractivity contribution in [3.63, 3.8) is 0 Å². The minimum Gasteiger partial charge on any atom is -0.317 e. The monoisotopic (exact) mass is 153 g/mol. The van der Waals surface area contributed by atoms with E-state index in [1.165, 1.54) is 25.9 Å². The van der Waals surface area contributed by atoms with Gasteiger partial charge in [-0.3, -0.25) is 0 Å². The van der Waals surface area contributed by atoms with Crippen LogP contribution in [0.4, 0.5) is 0 Å². The van der Waals surface area contributed by atoms with Gasteiger partial charge in [0.25, 0.3) is 0 Å². The Kier molecular flexibility index (Phi) is 2.72. The molecule has 0 amide bonds. The van der Waals surface area contributed by atoms with E-state index in [-0.39, 0.29) is 0 Å². The van der Waals surface area contributed by atoms with Crippen LogP contribution in [0.15, 0.2) is 12.7 Å². The van der Waals surface area contributed by atoms with E-state index in [0.717, 1.165) is 5.92 Å². The molecule has 0 saturated carbocycles. The maximum absolute atomic E-state index is 3.89. The highest BCUT2D eigenvalue weighted by Gasteiger charge is 2.27. The molecule has 1 nitrogen and oxygen atoms in total. The third-order valence-electron chi connectivity index (χ3n) is 2.92. The topological polar surface area (TPSA) is 12.0 Å². The third kappa shape index (κ3) is 2.06. The van der Waals surface area contributed by atoms with Crippen molar-refractivity contribution in [2.24, 2.45) is 11.3 Å². The van der Waals surface area contributed by atoms with Gasteiger partial charge < -0.3 is 5.32 Å². The molecule has 0 atom stereocenters. The Morgan fingerprint density at radius 1 is 1.36 bits per heavy atom. The zero-order valence-corrected chi connectivity index (χ0v) is 7.69. The smallest absolute Gasteiger partial charge is 0.00460 e. The maximum atomic E-state index is 3.89. The molecule has 1 heterocycles. The van der Waals surface area contributed by atoms with E-state index in [1.807, 2.05) is 0 Å². The zero-order chi connectivity index (χ0) is 8.32. The molecule has 0 unspecified atom stereocenters. The van der Waals surface area contributed by atoms with Gasteiger partial charge in [0.15, 0.2) is 0 Å². The summed E-state index contributed by atoms with van der Waals surface area (Å²) >= 11 is 0. The fraction of sp³-hybridized carbons (Fsp3) is 0.800. The second kappa shape index (κ2) is 3.40. The highest BCUT2D eigenvalue weighted by molar-refractivity contribution is 4.94. The lowest BCUT2D eigenvalue weighted by molar-refractivity contribution is 0.220. The number of piperidine rings is 1. The molecule has 11 heavy (non-hydrogen) atoms. The average Bonchev–Trinajstić information content (AvgIpc) is 2.06. The van der Waals surface area contributed by atoms with Crippen molar-refractivity contribution in [2.45, 2.75) is 26.7 Å². The lowest BCUT2D eigenvalue weighted by atomic mass is 9.74. The van der Waals surface area contributed by atoms with E-state index in [1.54, 1.807) is 0 Å². The molecule has 1 aliphatic rings. The third-order valence-corrected chi connectivity index (χ3v) is 2.92. The van der Waals surface area contributed by atoms with E-state index >= 15 is 0 Å². The van der Waals surface area contributed by atoms with E-state index in [9.17, 15) is 0 Å². The standard InChI is InChI=1S/C10H19N/c1-4-10(2,3)9-5-7-11-8-6-9/h4,9,11H,1,5-8H2,2-3H3. The summed E-state index contributed by atoms with van der Waals surface area (Å²) in [6.45, 7) is 10.8. The predicted octanol–water partition coefficient (Wildman–Crippen LogP) is 2.20. The molecule has 1 heteroatoms. The van der Waals surface area contributed by atoms with Crippen LogP contribution in [0.25, 0.3) is 0 Å². The molecule has 1 N–H and O–H groups in total. The summed E-state index contributed by atoms with van der Waals surface area (Å²) in [6.07, 6.45) is 4.71. The van der Waals surface area contributed by atoms with Crippen LogP contribution in [0, 0.1) is 11.3 Å². The Labute approximate surface area is 69.9 Å². The van der Waals surface area contributed by atoms with Crippen LogP contribution < -0.4 is 5.32 Å². The number of rotatable bonds is 2. The second-order valence-electron chi connectivity index (χ2n) is 4.05.